The molecule has 3 aromatic carbocycles. The number of likely N-dealkylation sites (N-methyl/N-ethyl adjacent to an activating group) is 1. The number of fused-ring (bicyclic) bond motifs is 3. The molecular weight excluding hydrogens is 737 g/mol. The van der Waals surface area contributed by atoms with E-state index >= 15 is 9.59 Å². The summed E-state index contributed by atoms with van der Waals surface area (Å²) in [5.41, 5.74) is 7.58. The van der Waals surface area contributed by atoms with Gasteiger partial charge in [0.1, 0.15) is 11.6 Å². The van der Waals surface area contributed by atoms with E-state index in [0.29, 0.717) is 83.9 Å². The summed E-state index contributed by atoms with van der Waals surface area (Å²) in [5.74, 6) is 1.64. The monoisotopic (exact) mass is 784 g/mol. The topological polar surface area (TPSA) is 122 Å². The van der Waals surface area contributed by atoms with Crippen molar-refractivity contribution in [2.75, 3.05) is 76.7 Å². The van der Waals surface area contributed by atoms with E-state index in [4.69, 9.17) is 23.9 Å². The van der Waals surface area contributed by atoms with E-state index in [1.54, 1.807) is 48.5 Å². The molecule has 0 spiro atoms. The van der Waals surface area contributed by atoms with Gasteiger partial charge in [-0.15, -0.1) is 0 Å². The zero-order chi connectivity index (χ0) is 39.9. The van der Waals surface area contributed by atoms with Crippen molar-refractivity contribution in [3.8, 4) is 28.5 Å². The number of nitrogens with zero attached hydrogens (tertiary/aromatic N) is 6. The number of phenols is 1. The molecule has 13 nitrogen and oxygen atoms in total. The fourth-order valence-corrected chi connectivity index (χ4v) is 8.75. The van der Waals surface area contributed by atoms with Gasteiger partial charge >= 0.3 is 0 Å². The summed E-state index contributed by atoms with van der Waals surface area (Å²) in [6, 6.07) is 22.4. The van der Waals surface area contributed by atoms with Crippen LogP contribution >= 0.6 is 0 Å². The van der Waals surface area contributed by atoms with Crippen molar-refractivity contribution >= 4 is 29.0 Å². The van der Waals surface area contributed by atoms with E-state index in [1.807, 2.05) is 47.7 Å². The van der Waals surface area contributed by atoms with Gasteiger partial charge in [-0.1, -0.05) is 24.3 Å². The molecule has 300 valence electrons. The first kappa shape index (κ1) is 37.7. The van der Waals surface area contributed by atoms with E-state index < -0.39 is 0 Å². The molecular formula is C45H48N6O7. The SMILES string of the molecule is COCCn1c(-c2cc3c(cc2C(=O)N2Cc4ccccc4C[C@H]2CN2CCOCC2)OCO3)cc(C(=O)N(c2ccc(O)cc2)c2cnc3c(c2)CCN3C)c1C. The second kappa shape index (κ2) is 15.8. The number of pyridine rings is 1. The number of morpholine rings is 1. The smallest absolute Gasteiger partial charge is 0.264 e. The van der Waals surface area contributed by atoms with E-state index in [9.17, 15) is 5.11 Å². The minimum atomic E-state index is -0.277. The number of hydrogen-bond donors (Lipinski definition) is 1. The van der Waals surface area contributed by atoms with Crippen LogP contribution in [0.4, 0.5) is 17.2 Å². The lowest BCUT2D eigenvalue weighted by atomic mass is 9.92. The van der Waals surface area contributed by atoms with Crippen LogP contribution in [0.3, 0.4) is 0 Å². The number of aromatic hydroxyl groups is 1. The quantitative estimate of drug-likeness (QED) is 0.186. The Bertz CT molecular complexity index is 2350. The molecule has 2 amide bonds. The van der Waals surface area contributed by atoms with E-state index in [1.165, 1.54) is 5.56 Å². The molecule has 0 bridgehead atoms. The van der Waals surface area contributed by atoms with Crippen LogP contribution in [-0.2, 0) is 35.4 Å². The highest BCUT2D eigenvalue weighted by molar-refractivity contribution is 6.12. The fourth-order valence-electron chi connectivity index (χ4n) is 8.75. The standard InChI is InChI=1S/C45H48N6O7/c1-29-37(45(54)51(33-8-10-36(52)11-9-33)34-21-31-12-13-47(2)43(31)46-25-34)22-40(49(29)16-17-55-3)38-23-41-42(58-28-57-41)24-39(38)44(53)50-26-32-7-5-4-6-30(32)20-35(50)27-48-14-18-56-19-15-48/h4-11,21-25,35,52H,12-20,26-28H2,1-3H3/t35-/m0/s1. The summed E-state index contributed by atoms with van der Waals surface area (Å²) < 4.78 is 25.1. The minimum absolute atomic E-state index is 0.0445. The molecule has 6 heterocycles. The maximum atomic E-state index is 15.3. The molecule has 4 aliphatic heterocycles. The second-order valence-corrected chi connectivity index (χ2v) is 15.4. The van der Waals surface area contributed by atoms with Crippen LogP contribution in [0.25, 0.3) is 11.3 Å². The largest absolute Gasteiger partial charge is 0.508 e. The van der Waals surface area contributed by atoms with Gasteiger partial charge in [0.2, 0.25) is 6.79 Å². The molecule has 0 aliphatic carbocycles. The number of benzene rings is 3. The average molecular weight is 785 g/mol. The summed E-state index contributed by atoms with van der Waals surface area (Å²) in [5, 5.41) is 10.2. The lowest BCUT2D eigenvalue weighted by Gasteiger charge is -2.40. The van der Waals surface area contributed by atoms with E-state index in [2.05, 4.69) is 28.0 Å². The third kappa shape index (κ3) is 7.03. The molecule has 58 heavy (non-hydrogen) atoms. The molecule has 1 N–H and O–H groups in total. The number of phenolic OH excluding ortho intramolecular Hbond substituents is 1. The first-order valence-electron chi connectivity index (χ1n) is 19.9. The van der Waals surface area contributed by atoms with Crippen molar-refractivity contribution in [3.05, 3.63) is 113 Å². The van der Waals surface area contributed by atoms with Gasteiger partial charge in [0.05, 0.1) is 48.5 Å². The number of ether oxygens (including phenoxy) is 4. The number of hydrogen-bond acceptors (Lipinski definition) is 10. The van der Waals surface area contributed by atoms with Crippen LogP contribution in [0.15, 0.2) is 79.0 Å². The van der Waals surface area contributed by atoms with Crippen molar-refractivity contribution in [3.63, 3.8) is 0 Å². The van der Waals surface area contributed by atoms with Crippen molar-refractivity contribution < 1.29 is 33.6 Å². The van der Waals surface area contributed by atoms with Crippen molar-refractivity contribution in [2.45, 2.75) is 38.9 Å². The van der Waals surface area contributed by atoms with Gasteiger partial charge in [-0.3, -0.25) is 19.4 Å². The Morgan fingerprint density at radius 1 is 0.914 bits per heavy atom. The lowest BCUT2D eigenvalue weighted by Crippen LogP contribution is -2.52. The van der Waals surface area contributed by atoms with Gasteiger partial charge in [-0.2, -0.15) is 0 Å². The number of carbonyl (C=O) groups is 2. The van der Waals surface area contributed by atoms with Crippen molar-refractivity contribution in [1.82, 2.24) is 19.4 Å². The zero-order valence-corrected chi connectivity index (χ0v) is 33.1. The van der Waals surface area contributed by atoms with Gasteiger partial charge in [-0.25, -0.2) is 4.98 Å². The molecule has 0 radical (unpaired) electrons. The molecule has 4 aliphatic rings. The molecule has 0 saturated carbocycles. The molecule has 1 fully saturated rings. The van der Waals surface area contributed by atoms with Crippen LogP contribution < -0.4 is 19.3 Å². The maximum Gasteiger partial charge on any atom is 0.264 e. The Labute approximate surface area is 337 Å². The Morgan fingerprint density at radius 3 is 2.45 bits per heavy atom. The number of anilines is 3. The highest BCUT2D eigenvalue weighted by Crippen LogP contribution is 2.42. The van der Waals surface area contributed by atoms with Gasteiger partial charge in [0.15, 0.2) is 11.5 Å². The van der Waals surface area contributed by atoms with Crippen LogP contribution in [0.2, 0.25) is 0 Å². The number of methoxy groups -OCH3 is 1. The van der Waals surface area contributed by atoms with Crippen LogP contribution in [0.5, 0.6) is 17.2 Å². The lowest BCUT2D eigenvalue weighted by molar-refractivity contribution is 0.0193. The van der Waals surface area contributed by atoms with Gasteiger partial charge in [-0.05, 0) is 85.0 Å². The Hall–Kier alpha value is -5.89. The van der Waals surface area contributed by atoms with Crippen LogP contribution in [-0.4, -0.2) is 109 Å². The summed E-state index contributed by atoms with van der Waals surface area (Å²) in [6.07, 6.45) is 3.28. The Morgan fingerprint density at radius 2 is 1.67 bits per heavy atom. The summed E-state index contributed by atoms with van der Waals surface area (Å²) in [6.45, 7) is 7.79. The first-order valence-corrected chi connectivity index (χ1v) is 19.9. The normalized spacial score (nSPS) is 17.3. The number of carbonyl (C=O) groups excluding carboxylic acids is 2. The highest BCUT2D eigenvalue weighted by atomic mass is 16.7. The third-order valence-corrected chi connectivity index (χ3v) is 11.9. The third-order valence-electron chi connectivity index (χ3n) is 11.9. The number of aromatic nitrogens is 2. The van der Waals surface area contributed by atoms with Gasteiger partial charge < -0.3 is 38.4 Å². The predicted molar refractivity (Wildman–Crippen MR) is 219 cm³/mol. The zero-order valence-electron chi connectivity index (χ0n) is 33.1. The second-order valence-electron chi connectivity index (χ2n) is 15.4. The van der Waals surface area contributed by atoms with Crippen molar-refractivity contribution in [1.29, 1.82) is 0 Å². The van der Waals surface area contributed by atoms with Crippen LogP contribution in [0.1, 0.15) is 43.1 Å². The minimum Gasteiger partial charge on any atom is -0.508 e. The number of amides is 2. The molecule has 0 unspecified atom stereocenters. The van der Waals surface area contributed by atoms with Crippen LogP contribution in [0, 0.1) is 6.92 Å². The molecule has 5 aromatic rings. The van der Waals surface area contributed by atoms with E-state index in [0.717, 1.165) is 56.0 Å². The van der Waals surface area contributed by atoms with Gasteiger partial charge in [0, 0.05) is 76.4 Å². The predicted octanol–water partition coefficient (Wildman–Crippen LogP) is 5.81. The molecule has 1 atom stereocenters. The highest BCUT2D eigenvalue weighted by Gasteiger charge is 2.36. The summed E-state index contributed by atoms with van der Waals surface area (Å²) in [4.78, 5) is 43.3. The Balaban J connectivity index is 1.15. The molecule has 13 heteroatoms. The molecule has 9 rings (SSSR count). The van der Waals surface area contributed by atoms with Gasteiger partial charge in [0.25, 0.3) is 11.8 Å². The summed E-state index contributed by atoms with van der Waals surface area (Å²) in [7, 11) is 3.66. The molecule has 1 saturated heterocycles. The maximum absolute atomic E-state index is 15.3. The fraction of sp³-hybridized carbons (Fsp3) is 0.356. The Kier molecular flexibility index (Phi) is 10.3. The van der Waals surface area contributed by atoms with Crippen molar-refractivity contribution in [2.24, 2.45) is 0 Å². The number of rotatable bonds is 10. The summed E-state index contributed by atoms with van der Waals surface area (Å²) >= 11 is 0. The van der Waals surface area contributed by atoms with E-state index in [-0.39, 0.29) is 30.4 Å². The molecule has 2 aromatic heterocycles. The average Bonchev–Trinajstić information content (AvgIpc) is 3.96. The first-order chi connectivity index (χ1) is 28.3.